The van der Waals surface area contributed by atoms with Crippen molar-refractivity contribution in [3.8, 4) is 0 Å². The molecule has 142 valence electrons. The minimum absolute atomic E-state index is 0.0240. The van der Waals surface area contributed by atoms with Crippen LogP contribution in [0.2, 0.25) is 0 Å². The van der Waals surface area contributed by atoms with Crippen LogP contribution in [0.3, 0.4) is 0 Å². The smallest absolute Gasteiger partial charge is 0.234 e. The van der Waals surface area contributed by atoms with Crippen molar-refractivity contribution in [1.82, 2.24) is 4.90 Å². The normalized spacial score (nSPS) is 28.9. The molecular weight excluding hydrogens is 358 g/mol. The van der Waals surface area contributed by atoms with Gasteiger partial charge >= 0.3 is 0 Å². The molecule has 3 nitrogen and oxygen atoms in total. The molecule has 1 aliphatic heterocycles. The van der Waals surface area contributed by atoms with Gasteiger partial charge in [0.25, 0.3) is 0 Å². The molecule has 0 spiro atoms. The predicted molar refractivity (Wildman–Crippen MR) is 110 cm³/mol. The lowest BCUT2D eigenvalue weighted by Gasteiger charge is -2.52. The Hall–Kier alpha value is -3.20. The van der Waals surface area contributed by atoms with Crippen molar-refractivity contribution in [1.29, 1.82) is 0 Å². The first-order valence-electron chi connectivity index (χ1n) is 10.2. The van der Waals surface area contributed by atoms with E-state index in [0.717, 1.165) is 5.56 Å². The number of carbonyl (C=O) groups excluding carboxylic acids is 2. The van der Waals surface area contributed by atoms with Crippen LogP contribution in [-0.2, 0) is 21.5 Å². The first-order valence-corrected chi connectivity index (χ1v) is 10.2. The predicted octanol–water partition coefficient (Wildman–Crippen LogP) is 4.25. The Bertz CT molecular complexity index is 1120. The number of likely N-dealkylation sites (tertiary alicyclic amines) is 1. The van der Waals surface area contributed by atoms with Crippen LogP contribution in [0, 0.1) is 11.8 Å². The standard InChI is InChI=1S/C26H21NO2/c1-26-19-13-7-5-11-17(19)21(18-12-6-8-14-20(18)26)22-23(26)25(29)27(24(22)28)15-16-9-3-2-4-10-16/h2-14,21-23H,15H2,1H3/t21?,22-,23-,26?/m1/s1. The van der Waals surface area contributed by atoms with E-state index in [1.165, 1.54) is 27.2 Å². The monoisotopic (exact) mass is 379 g/mol. The quantitative estimate of drug-likeness (QED) is 0.624. The zero-order chi connectivity index (χ0) is 19.8. The first kappa shape index (κ1) is 16.7. The molecule has 0 radical (unpaired) electrons. The van der Waals surface area contributed by atoms with Crippen LogP contribution < -0.4 is 0 Å². The van der Waals surface area contributed by atoms with Gasteiger partial charge in [-0.3, -0.25) is 14.5 Å². The maximum absolute atomic E-state index is 13.7. The molecule has 0 aromatic heterocycles. The largest absolute Gasteiger partial charge is 0.278 e. The topological polar surface area (TPSA) is 37.4 Å². The minimum atomic E-state index is -0.481. The van der Waals surface area contributed by atoms with Crippen molar-refractivity contribution >= 4 is 11.8 Å². The zero-order valence-corrected chi connectivity index (χ0v) is 16.2. The highest BCUT2D eigenvalue weighted by molar-refractivity contribution is 6.08. The highest BCUT2D eigenvalue weighted by Crippen LogP contribution is 2.63. The van der Waals surface area contributed by atoms with E-state index in [9.17, 15) is 9.59 Å². The molecule has 7 rings (SSSR count). The van der Waals surface area contributed by atoms with Gasteiger partial charge in [-0.05, 0) is 27.8 Å². The molecule has 1 saturated heterocycles. The molecule has 1 heterocycles. The maximum atomic E-state index is 13.7. The lowest BCUT2D eigenvalue weighted by Crippen LogP contribution is -2.51. The number of hydrogen-bond acceptors (Lipinski definition) is 2. The highest BCUT2D eigenvalue weighted by Gasteiger charge is 2.66. The molecule has 3 aromatic carbocycles. The SMILES string of the molecule is CC12c3ccccc3C(c3ccccc31)[C@H]1C(=O)N(Cc3ccccc3)C(=O)[C@@H]12. The van der Waals surface area contributed by atoms with E-state index in [0.29, 0.717) is 6.54 Å². The van der Waals surface area contributed by atoms with E-state index < -0.39 is 5.41 Å². The van der Waals surface area contributed by atoms with Gasteiger partial charge in [0.2, 0.25) is 11.8 Å². The Morgan fingerprint density at radius 3 is 1.93 bits per heavy atom. The molecule has 0 N–H and O–H groups in total. The van der Waals surface area contributed by atoms with Gasteiger partial charge in [-0.25, -0.2) is 0 Å². The summed E-state index contributed by atoms with van der Waals surface area (Å²) in [6, 6.07) is 26.6. The summed E-state index contributed by atoms with van der Waals surface area (Å²) < 4.78 is 0. The summed E-state index contributed by atoms with van der Waals surface area (Å²) in [6.45, 7) is 2.51. The van der Waals surface area contributed by atoms with Gasteiger partial charge in [0.1, 0.15) is 0 Å². The molecule has 0 unspecified atom stereocenters. The highest BCUT2D eigenvalue weighted by atomic mass is 16.2. The van der Waals surface area contributed by atoms with Crippen LogP contribution in [0.4, 0.5) is 0 Å². The van der Waals surface area contributed by atoms with Crippen LogP contribution in [0.25, 0.3) is 0 Å². The molecule has 3 aromatic rings. The summed E-state index contributed by atoms with van der Waals surface area (Å²) in [5, 5.41) is 0. The van der Waals surface area contributed by atoms with Crippen molar-refractivity contribution in [3.05, 3.63) is 107 Å². The Morgan fingerprint density at radius 2 is 1.31 bits per heavy atom. The van der Waals surface area contributed by atoms with Crippen molar-refractivity contribution in [3.63, 3.8) is 0 Å². The van der Waals surface area contributed by atoms with Gasteiger partial charge in [-0.1, -0.05) is 85.8 Å². The number of imide groups is 1. The molecule has 1 fully saturated rings. The first-order chi connectivity index (χ1) is 14.1. The summed E-state index contributed by atoms with van der Waals surface area (Å²) in [6.07, 6.45) is 0. The maximum Gasteiger partial charge on any atom is 0.234 e. The summed E-state index contributed by atoms with van der Waals surface area (Å²) in [5.41, 5.74) is 5.32. The molecule has 4 aliphatic rings. The molecule has 3 heteroatoms. The van der Waals surface area contributed by atoms with E-state index in [2.05, 4.69) is 31.2 Å². The number of amides is 2. The van der Waals surface area contributed by atoms with Gasteiger partial charge in [-0.2, -0.15) is 0 Å². The third kappa shape index (κ3) is 1.97. The molecule has 0 saturated carbocycles. The fourth-order valence-electron chi connectivity index (χ4n) is 6.13. The van der Waals surface area contributed by atoms with Crippen molar-refractivity contribution in [2.75, 3.05) is 0 Å². The molecule has 3 aliphatic carbocycles. The number of benzene rings is 3. The molecule has 2 amide bonds. The average molecular weight is 379 g/mol. The second kappa shape index (κ2) is 5.66. The second-order valence-corrected chi connectivity index (χ2v) is 8.61. The zero-order valence-electron chi connectivity index (χ0n) is 16.2. The number of carbonyl (C=O) groups is 2. The summed E-state index contributed by atoms with van der Waals surface area (Å²) in [4.78, 5) is 28.8. The van der Waals surface area contributed by atoms with Crippen molar-refractivity contribution < 1.29 is 9.59 Å². The number of rotatable bonds is 2. The van der Waals surface area contributed by atoms with Gasteiger partial charge in [0, 0.05) is 11.3 Å². The van der Waals surface area contributed by atoms with Crippen LogP contribution in [0.1, 0.15) is 40.7 Å². The Labute approximate surface area is 170 Å². The van der Waals surface area contributed by atoms with E-state index in [-0.39, 0.29) is 29.6 Å². The van der Waals surface area contributed by atoms with Crippen LogP contribution in [-0.4, -0.2) is 16.7 Å². The summed E-state index contributed by atoms with van der Waals surface area (Å²) in [5.74, 6) is -0.759. The Balaban J connectivity index is 1.55. The van der Waals surface area contributed by atoms with E-state index >= 15 is 0 Å². The lowest BCUT2D eigenvalue weighted by molar-refractivity contribution is -0.140. The minimum Gasteiger partial charge on any atom is -0.278 e. The van der Waals surface area contributed by atoms with E-state index in [4.69, 9.17) is 0 Å². The number of hydrogen-bond donors (Lipinski definition) is 0. The summed E-state index contributed by atoms with van der Waals surface area (Å²) in [7, 11) is 0. The van der Waals surface area contributed by atoms with Crippen LogP contribution >= 0.6 is 0 Å². The van der Waals surface area contributed by atoms with E-state index in [1.54, 1.807) is 0 Å². The fourth-order valence-corrected chi connectivity index (χ4v) is 6.13. The van der Waals surface area contributed by atoms with Crippen molar-refractivity contribution in [2.45, 2.75) is 24.8 Å². The third-order valence-electron chi connectivity index (χ3n) is 7.32. The third-order valence-corrected chi connectivity index (χ3v) is 7.32. The molecular formula is C26H21NO2. The fraction of sp³-hybridized carbons (Fsp3) is 0.231. The van der Waals surface area contributed by atoms with Gasteiger partial charge in [0.05, 0.1) is 18.4 Å². The molecule has 2 atom stereocenters. The molecule has 2 bridgehead atoms. The second-order valence-electron chi connectivity index (χ2n) is 8.61. The summed E-state index contributed by atoms with van der Waals surface area (Å²) >= 11 is 0. The van der Waals surface area contributed by atoms with Crippen LogP contribution in [0.5, 0.6) is 0 Å². The van der Waals surface area contributed by atoms with Crippen LogP contribution in [0.15, 0.2) is 78.9 Å². The van der Waals surface area contributed by atoms with E-state index in [1.807, 2.05) is 54.6 Å². The van der Waals surface area contributed by atoms with Crippen molar-refractivity contribution in [2.24, 2.45) is 11.8 Å². The lowest BCUT2D eigenvalue weighted by atomic mass is 9.48. The molecule has 29 heavy (non-hydrogen) atoms. The number of nitrogens with zero attached hydrogens (tertiary/aromatic N) is 1. The van der Waals surface area contributed by atoms with Gasteiger partial charge < -0.3 is 0 Å². The Morgan fingerprint density at radius 1 is 0.759 bits per heavy atom. The Kier molecular flexibility index (Phi) is 3.27. The van der Waals surface area contributed by atoms with Gasteiger partial charge in [-0.15, -0.1) is 0 Å². The van der Waals surface area contributed by atoms with Gasteiger partial charge in [0.15, 0.2) is 0 Å². The average Bonchev–Trinajstić information content (AvgIpc) is 3.01.